The molecule has 0 unspecified atom stereocenters. The molecule has 5 nitrogen and oxygen atoms in total. The molecule has 0 atom stereocenters. The molecule has 1 aliphatic heterocycles. The van der Waals surface area contributed by atoms with Gasteiger partial charge < -0.3 is 14.7 Å². The number of ether oxygens (including phenoxy) is 1. The van der Waals surface area contributed by atoms with Crippen LogP contribution in [0.1, 0.15) is 5.56 Å². The zero-order valence-electron chi connectivity index (χ0n) is 12.8. The summed E-state index contributed by atoms with van der Waals surface area (Å²) in [6, 6.07) is 7.44. The fourth-order valence-electron chi connectivity index (χ4n) is 2.21. The van der Waals surface area contributed by atoms with Crippen LogP contribution in [0.2, 0.25) is 0 Å². The number of carboxylic acids is 1. The van der Waals surface area contributed by atoms with E-state index in [0.29, 0.717) is 6.61 Å². The van der Waals surface area contributed by atoms with E-state index in [1.165, 1.54) is 0 Å². The molecule has 1 saturated heterocycles. The second-order valence-corrected chi connectivity index (χ2v) is 5.23. The van der Waals surface area contributed by atoms with Gasteiger partial charge in [0.05, 0.1) is 0 Å². The predicted octanol–water partition coefficient (Wildman–Crippen LogP) is 1.83. The Morgan fingerprint density at radius 1 is 1.23 bits per heavy atom. The number of nitrogens with zero attached hydrogens (tertiary/aromatic N) is 2. The average Bonchev–Trinajstić information content (AvgIpc) is 2.48. The minimum absolute atomic E-state index is 0. The summed E-state index contributed by atoms with van der Waals surface area (Å²) in [5.41, 5.74) is 0.851. The highest BCUT2D eigenvalue weighted by molar-refractivity contribution is 5.85. The number of halogens is 1. The number of carbonyl (C=O) groups is 1. The number of likely N-dealkylation sites (N-methyl/N-ethyl adjacent to an activating group) is 1. The van der Waals surface area contributed by atoms with Crippen LogP contribution in [0.3, 0.4) is 0 Å². The van der Waals surface area contributed by atoms with Gasteiger partial charge in [-0.1, -0.05) is 12.1 Å². The van der Waals surface area contributed by atoms with Gasteiger partial charge in [0.25, 0.3) is 0 Å². The summed E-state index contributed by atoms with van der Waals surface area (Å²) >= 11 is 0. The van der Waals surface area contributed by atoms with E-state index in [0.717, 1.165) is 50.1 Å². The minimum Gasteiger partial charge on any atom is -0.492 e. The summed E-state index contributed by atoms with van der Waals surface area (Å²) in [4.78, 5) is 15.2. The Balaban J connectivity index is 0.00000242. The summed E-state index contributed by atoms with van der Waals surface area (Å²) < 4.78 is 5.72. The number of aliphatic carboxylic acids is 1. The van der Waals surface area contributed by atoms with E-state index >= 15 is 0 Å². The van der Waals surface area contributed by atoms with Gasteiger partial charge in [0.2, 0.25) is 0 Å². The third kappa shape index (κ3) is 6.47. The van der Waals surface area contributed by atoms with E-state index in [1.54, 1.807) is 6.08 Å². The summed E-state index contributed by atoms with van der Waals surface area (Å²) in [6.07, 6.45) is 2.69. The van der Waals surface area contributed by atoms with Crippen molar-refractivity contribution in [3.63, 3.8) is 0 Å². The molecule has 1 aromatic rings. The summed E-state index contributed by atoms with van der Waals surface area (Å²) in [6.45, 7) is 6.04. The average molecular weight is 327 g/mol. The first kappa shape index (κ1) is 18.5. The number of carboxylic acid groups (broad SMARTS) is 1. The Kier molecular flexibility index (Phi) is 7.95. The van der Waals surface area contributed by atoms with Crippen molar-refractivity contribution >= 4 is 24.5 Å². The van der Waals surface area contributed by atoms with Crippen LogP contribution in [-0.2, 0) is 4.79 Å². The van der Waals surface area contributed by atoms with Gasteiger partial charge in [-0.25, -0.2) is 4.79 Å². The van der Waals surface area contributed by atoms with Crippen LogP contribution in [0.5, 0.6) is 5.75 Å². The number of hydrogen-bond acceptors (Lipinski definition) is 4. The van der Waals surface area contributed by atoms with Crippen LogP contribution in [0.4, 0.5) is 0 Å². The van der Waals surface area contributed by atoms with E-state index in [9.17, 15) is 4.79 Å². The number of rotatable bonds is 6. The first-order valence-electron chi connectivity index (χ1n) is 7.18. The van der Waals surface area contributed by atoms with Crippen molar-refractivity contribution in [3.8, 4) is 5.75 Å². The number of benzene rings is 1. The first-order chi connectivity index (χ1) is 10.1. The molecular weight excluding hydrogens is 304 g/mol. The minimum atomic E-state index is -0.942. The largest absolute Gasteiger partial charge is 0.492 e. The van der Waals surface area contributed by atoms with Crippen molar-refractivity contribution in [2.24, 2.45) is 0 Å². The van der Waals surface area contributed by atoms with Crippen molar-refractivity contribution < 1.29 is 14.6 Å². The Morgan fingerprint density at radius 3 is 2.45 bits per heavy atom. The quantitative estimate of drug-likeness (QED) is 0.808. The maximum atomic E-state index is 10.4. The van der Waals surface area contributed by atoms with Gasteiger partial charge in [0, 0.05) is 38.8 Å². The topological polar surface area (TPSA) is 53.0 Å². The molecule has 1 N–H and O–H groups in total. The van der Waals surface area contributed by atoms with Gasteiger partial charge in [-0.2, -0.15) is 0 Å². The molecule has 2 rings (SSSR count). The SMILES string of the molecule is CN1CCN(CCOc2ccc(C=CC(=O)O)cc2)CC1.Cl. The molecule has 22 heavy (non-hydrogen) atoms. The molecule has 0 bridgehead atoms. The van der Waals surface area contributed by atoms with Gasteiger partial charge in [0.1, 0.15) is 12.4 Å². The Morgan fingerprint density at radius 2 is 1.86 bits per heavy atom. The van der Waals surface area contributed by atoms with Crippen LogP contribution < -0.4 is 4.74 Å². The summed E-state index contributed by atoms with van der Waals surface area (Å²) in [5, 5.41) is 8.57. The van der Waals surface area contributed by atoms with Crippen LogP contribution >= 0.6 is 12.4 Å². The third-order valence-electron chi connectivity index (χ3n) is 3.57. The summed E-state index contributed by atoms with van der Waals surface area (Å²) in [5.74, 6) is -0.126. The standard InChI is InChI=1S/C16H22N2O3.ClH/c1-17-8-10-18(11-9-17)12-13-21-15-5-2-14(3-6-15)4-7-16(19)20;/h2-7H,8-13H2,1H3,(H,19,20);1H. The molecule has 1 heterocycles. The van der Waals surface area contributed by atoms with E-state index in [1.807, 2.05) is 24.3 Å². The lowest BCUT2D eigenvalue weighted by Gasteiger charge is -2.32. The van der Waals surface area contributed by atoms with Crippen molar-refractivity contribution in [1.82, 2.24) is 9.80 Å². The lowest BCUT2D eigenvalue weighted by Crippen LogP contribution is -2.45. The molecule has 0 amide bonds. The summed E-state index contributed by atoms with van der Waals surface area (Å²) in [7, 11) is 2.15. The fraction of sp³-hybridized carbons (Fsp3) is 0.438. The molecule has 1 aromatic carbocycles. The molecule has 1 fully saturated rings. The highest BCUT2D eigenvalue weighted by Gasteiger charge is 2.12. The first-order valence-corrected chi connectivity index (χ1v) is 7.18. The highest BCUT2D eigenvalue weighted by atomic mass is 35.5. The monoisotopic (exact) mass is 326 g/mol. The molecule has 0 saturated carbocycles. The Bertz CT molecular complexity index is 483. The predicted molar refractivity (Wildman–Crippen MR) is 89.8 cm³/mol. The lowest BCUT2D eigenvalue weighted by molar-refractivity contribution is -0.131. The normalized spacial score (nSPS) is 16.4. The van der Waals surface area contributed by atoms with E-state index in [-0.39, 0.29) is 12.4 Å². The van der Waals surface area contributed by atoms with Gasteiger partial charge in [0.15, 0.2) is 0 Å². The van der Waals surface area contributed by atoms with E-state index in [4.69, 9.17) is 9.84 Å². The van der Waals surface area contributed by atoms with Gasteiger partial charge in [-0.3, -0.25) is 4.90 Å². The Hall–Kier alpha value is -1.56. The zero-order valence-corrected chi connectivity index (χ0v) is 13.6. The van der Waals surface area contributed by atoms with E-state index in [2.05, 4.69) is 16.8 Å². The van der Waals surface area contributed by atoms with Crippen LogP contribution in [0.15, 0.2) is 30.3 Å². The molecule has 0 spiro atoms. The van der Waals surface area contributed by atoms with Crippen molar-refractivity contribution in [1.29, 1.82) is 0 Å². The number of piperazine rings is 1. The maximum Gasteiger partial charge on any atom is 0.328 e. The smallest absolute Gasteiger partial charge is 0.328 e. The van der Waals surface area contributed by atoms with E-state index < -0.39 is 5.97 Å². The second kappa shape index (κ2) is 9.46. The maximum absolute atomic E-state index is 10.4. The molecular formula is C16H23ClN2O3. The van der Waals surface area contributed by atoms with Crippen LogP contribution in [0, 0.1) is 0 Å². The second-order valence-electron chi connectivity index (χ2n) is 5.23. The number of hydrogen-bond donors (Lipinski definition) is 1. The van der Waals surface area contributed by atoms with Crippen LogP contribution in [0.25, 0.3) is 6.08 Å². The highest BCUT2D eigenvalue weighted by Crippen LogP contribution is 2.13. The Labute approximate surface area is 137 Å². The van der Waals surface area contributed by atoms with Crippen molar-refractivity contribution in [2.75, 3.05) is 46.4 Å². The molecule has 0 aromatic heterocycles. The van der Waals surface area contributed by atoms with Crippen LogP contribution in [-0.4, -0.2) is 67.3 Å². The van der Waals surface area contributed by atoms with Crippen molar-refractivity contribution in [2.45, 2.75) is 0 Å². The molecule has 0 radical (unpaired) electrons. The molecule has 122 valence electrons. The lowest BCUT2D eigenvalue weighted by atomic mass is 10.2. The molecule has 0 aliphatic carbocycles. The third-order valence-corrected chi connectivity index (χ3v) is 3.57. The molecule has 6 heteroatoms. The fourth-order valence-corrected chi connectivity index (χ4v) is 2.21. The zero-order chi connectivity index (χ0) is 15.1. The van der Waals surface area contributed by atoms with Gasteiger partial charge in [-0.05, 0) is 30.8 Å². The van der Waals surface area contributed by atoms with Crippen molar-refractivity contribution in [3.05, 3.63) is 35.9 Å². The van der Waals surface area contributed by atoms with Gasteiger partial charge in [-0.15, -0.1) is 12.4 Å². The molecule has 1 aliphatic rings. The van der Waals surface area contributed by atoms with Gasteiger partial charge >= 0.3 is 5.97 Å².